The summed E-state index contributed by atoms with van der Waals surface area (Å²) >= 11 is 3.17. The minimum Gasteiger partial charge on any atom is -0.452 e. The molecule has 1 aliphatic heterocycles. The lowest BCUT2D eigenvalue weighted by Gasteiger charge is -2.35. The number of benzene rings is 1. The van der Waals surface area contributed by atoms with Crippen LogP contribution in [0.5, 0.6) is 0 Å². The number of amides is 1. The highest BCUT2D eigenvalue weighted by molar-refractivity contribution is 8.00. The molecule has 1 fully saturated rings. The summed E-state index contributed by atoms with van der Waals surface area (Å²) in [6, 6.07) is 7.32. The van der Waals surface area contributed by atoms with Gasteiger partial charge in [-0.25, -0.2) is 9.78 Å². The number of nitrogens with zero attached hydrogens (tertiary/aromatic N) is 2. The quantitative estimate of drug-likeness (QED) is 0.526. The van der Waals surface area contributed by atoms with Crippen molar-refractivity contribution in [2.24, 2.45) is 0 Å². The molecule has 1 aromatic heterocycles. The van der Waals surface area contributed by atoms with E-state index in [0.29, 0.717) is 24.4 Å². The maximum atomic E-state index is 12.6. The maximum Gasteiger partial charge on any atom is 0.338 e. The van der Waals surface area contributed by atoms with Crippen LogP contribution in [0, 0.1) is 6.92 Å². The number of thiazole rings is 1. The fourth-order valence-electron chi connectivity index (χ4n) is 3.06. The molecule has 0 N–H and O–H groups in total. The largest absolute Gasteiger partial charge is 0.452 e. The van der Waals surface area contributed by atoms with Crippen molar-refractivity contribution in [3.8, 4) is 0 Å². The minimum atomic E-state index is -0.478. The molecule has 0 unspecified atom stereocenters. The van der Waals surface area contributed by atoms with E-state index in [0.717, 1.165) is 15.6 Å². The number of esters is 1. The van der Waals surface area contributed by atoms with Crippen molar-refractivity contribution in [2.45, 2.75) is 43.1 Å². The number of aryl methyl sites for hydroxylation is 1. The number of carbonyl (C=O) groups excluding carboxylic acids is 2. The van der Waals surface area contributed by atoms with Gasteiger partial charge in [-0.15, -0.1) is 11.3 Å². The Morgan fingerprint density at radius 3 is 2.68 bits per heavy atom. The summed E-state index contributed by atoms with van der Waals surface area (Å²) < 4.78 is 11.9. The Bertz CT molecular complexity index is 829. The molecule has 6 nitrogen and oxygen atoms in total. The second-order valence-electron chi connectivity index (χ2n) is 6.83. The van der Waals surface area contributed by atoms with Crippen LogP contribution in [0.15, 0.2) is 34.0 Å². The Balaban J connectivity index is 1.57. The summed E-state index contributed by atoms with van der Waals surface area (Å²) in [6.07, 6.45) is -0.0358. The summed E-state index contributed by atoms with van der Waals surface area (Å²) in [5.41, 5.74) is 2.34. The van der Waals surface area contributed by atoms with Gasteiger partial charge in [-0.3, -0.25) is 4.79 Å². The zero-order chi connectivity index (χ0) is 20.1. The van der Waals surface area contributed by atoms with Crippen LogP contribution in [0.2, 0.25) is 0 Å². The van der Waals surface area contributed by atoms with Gasteiger partial charge in [0.25, 0.3) is 5.91 Å². The van der Waals surface area contributed by atoms with Crippen LogP contribution < -0.4 is 0 Å². The van der Waals surface area contributed by atoms with Gasteiger partial charge in [0.15, 0.2) is 6.61 Å². The SMILES string of the molecule is Cc1csc(SCc2ccccc2C(=O)OCC(=O)N2C[C@H](C)O[C@@H](C)C2)n1. The van der Waals surface area contributed by atoms with Crippen LogP contribution in [0.1, 0.15) is 35.5 Å². The van der Waals surface area contributed by atoms with Crippen LogP contribution in [-0.4, -0.2) is 53.7 Å². The number of morpholine rings is 1. The van der Waals surface area contributed by atoms with Crippen molar-refractivity contribution in [2.75, 3.05) is 19.7 Å². The first kappa shape index (κ1) is 20.8. The van der Waals surface area contributed by atoms with Gasteiger partial charge in [0.05, 0.1) is 17.8 Å². The number of carbonyl (C=O) groups is 2. The summed E-state index contributed by atoms with van der Waals surface area (Å²) in [6.45, 7) is 6.59. The molecular weight excluding hydrogens is 396 g/mol. The molecule has 150 valence electrons. The maximum absolute atomic E-state index is 12.6. The topological polar surface area (TPSA) is 68.7 Å². The summed E-state index contributed by atoms with van der Waals surface area (Å²) in [7, 11) is 0. The van der Waals surface area contributed by atoms with E-state index in [-0.39, 0.29) is 24.7 Å². The fraction of sp³-hybridized carbons (Fsp3) is 0.450. The molecule has 8 heteroatoms. The van der Waals surface area contributed by atoms with Crippen molar-refractivity contribution in [3.05, 3.63) is 46.5 Å². The molecule has 1 saturated heterocycles. The third kappa shape index (κ3) is 5.56. The van der Waals surface area contributed by atoms with E-state index >= 15 is 0 Å². The van der Waals surface area contributed by atoms with Crippen LogP contribution in [0.3, 0.4) is 0 Å². The molecule has 2 heterocycles. The van der Waals surface area contributed by atoms with E-state index in [4.69, 9.17) is 9.47 Å². The van der Waals surface area contributed by atoms with E-state index in [1.54, 1.807) is 40.1 Å². The molecule has 3 rings (SSSR count). The molecule has 1 amide bonds. The minimum absolute atomic E-state index is 0.0179. The highest BCUT2D eigenvalue weighted by atomic mass is 32.2. The average molecular weight is 421 g/mol. The molecule has 28 heavy (non-hydrogen) atoms. The van der Waals surface area contributed by atoms with E-state index in [2.05, 4.69) is 4.98 Å². The number of aromatic nitrogens is 1. The van der Waals surface area contributed by atoms with Crippen LogP contribution in [0.25, 0.3) is 0 Å². The van der Waals surface area contributed by atoms with Crippen LogP contribution in [-0.2, 0) is 20.0 Å². The first-order chi connectivity index (χ1) is 13.4. The highest BCUT2D eigenvalue weighted by Gasteiger charge is 2.26. The molecule has 0 bridgehead atoms. The lowest BCUT2D eigenvalue weighted by molar-refractivity contribution is -0.146. The number of rotatable bonds is 6. The zero-order valence-corrected chi connectivity index (χ0v) is 17.8. The lowest BCUT2D eigenvalue weighted by Crippen LogP contribution is -2.49. The van der Waals surface area contributed by atoms with E-state index < -0.39 is 5.97 Å². The summed E-state index contributed by atoms with van der Waals surface area (Å²) in [5, 5.41) is 2.00. The smallest absolute Gasteiger partial charge is 0.338 e. The Morgan fingerprint density at radius 1 is 1.29 bits per heavy atom. The average Bonchev–Trinajstić information content (AvgIpc) is 3.09. The van der Waals surface area contributed by atoms with Crippen LogP contribution in [0.4, 0.5) is 0 Å². The molecule has 0 spiro atoms. The normalized spacial score (nSPS) is 19.5. The molecule has 2 atom stereocenters. The third-order valence-corrected chi connectivity index (χ3v) is 6.47. The first-order valence-corrected chi connectivity index (χ1v) is 11.0. The molecule has 0 saturated carbocycles. The van der Waals surface area contributed by atoms with Gasteiger partial charge in [0, 0.05) is 29.9 Å². The summed E-state index contributed by atoms with van der Waals surface area (Å²) in [5.74, 6) is -0.0558. The molecular formula is C20H24N2O4S2. The second kappa shape index (κ2) is 9.54. The van der Waals surface area contributed by atoms with Crippen molar-refractivity contribution in [3.63, 3.8) is 0 Å². The van der Waals surface area contributed by atoms with Gasteiger partial charge in [0.2, 0.25) is 0 Å². The Kier molecular flexibility index (Phi) is 7.09. The second-order valence-corrected chi connectivity index (χ2v) is 8.91. The lowest BCUT2D eigenvalue weighted by atomic mass is 10.1. The van der Waals surface area contributed by atoms with Gasteiger partial charge in [0.1, 0.15) is 4.34 Å². The number of hydrogen-bond donors (Lipinski definition) is 0. The van der Waals surface area contributed by atoms with E-state index in [1.165, 1.54) is 0 Å². The Hall–Kier alpha value is -1.90. The van der Waals surface area contributed by atoms with Crippen LogP contribution >= 0.6 is 23.1 Å². The predicted molar refractivity (Wildman–Crippen MR) is 110 cm³/mol. The number of ether oxygens (including phenoxy) is 2. The van der Waals surface area contributed by atoms with Gasteiger partial charge >= 0.3 is 5.97 Å². The fourth-order valence-corrected chi connectivity index (χ4v) is 4.91. The number of hydrogen-bond acceptors (Lipinski definition) is 7. The highest BCUT2D eigenvalue weighted by Crippen LogP contribution is 2.27. The first-order valence-electron chi connectivity index (χ1n) is 9.15. The van der Waals surface area contributed by atoms with Crippen molar-refractivity contribution in [1.29, 1.82) is 0 Å². The predicted octanol–water partition coefficient (Wildman–Crippen LogP) is 3.54. The zero-order valence-electron chi connectivity index (χ0n) is 16.2. The van der Waals surface area contributed by atoms with Crippen molar-refractivity contribution < 1.29 is 19.1 Å². The van der Waals surface area contributed by atoms with Gasteiger partial charge in [-0.05, 0) is 32.4 Å². The van der Waals surface area contributed by atoms with Crippen molar-refractivity contribution >= 4 is 35.0 Å². The number of thioether (sulfide) groups is 1. The van der Waals surface area contributed by atoms with Gasteiger partial charge < -0.3 is 14.4 Å². The van der Waals surface area contributed by atoms with E-state index in [9.17, 15) is 9.59 Å². The Morgan fingerprint density at radius 2 is 2.00 bits per heavy atom. The van der Waals surface area contributed by atoms with Gasteiger partial charge in [-0.1, -0.05) is 30.0 Å². The van der Waals surface area contributed by atoms with Crippen molar-refractivity contribution in [1.82, 2.24) is 9.88 Å². The third-order valence-electron chi connectivity index (χ3n) is 4.29. The van der Waals surface area contributed by atoms with E-state index in [1.807, 2.05) is 38.3 Å². The molecule has 1 aromatic carbocycles. The molecule has 2 aromatic rings. The monoisotopic (exact) mass is 420 g/mol. The summed E-state index contributed by atoms with van der Waals surface area (Å²) in [4.78, 5) is 31.1. The molecule has 0 radical (unpaired) electrons. The standard InChI is InChI=1S/C20H24N2O4S2/c1-13-11-27-20(21-13)28-12-16-6-4-5-7-17(16)19(24)25-10-18(23)22-8-14(2)26-15(3)9-22/h4-7,11,14-15H,8-10,12H2,1-3H3/t14-,15-/m0/s1. The molecule has 0 aliphatic carbocycles. The Labute approximate surface area is 173 Å². The van der Waals surface area contributed by atoms with Gasteiger partial charge in [-0.2, -0.15) is 0 Å². The molecule has 1 aliphatic rings.